The van der Waals surface area contributed by atoms with E-state index in [-0.39, 0.29) is 0 Å². The summed E-state index contributed by atoms with van der Waals surface area (Å²) in [6.45, 7) is 9.69. The van der Waals surface area contributed by atoms with Gasteiger partial charge in [0, 0.05) is 56.1 Å². The molecule has 26 heavy (non-hydrogen) atoms. The molecule has 3 aliphatic rings. The van der Waals surface area contributed by atoms with Crippen LogP contribution in [0.15, 0.2) is 18.6 Å². The summed E-state index contributed by atoms with van der Waals surface area (Å²) in [6.07, 6.45) is 6.16. The summed E-state index contributed by atoms with van der Waals surface area (Å²) < 4.78 is 0. The molecule has 5 rings (SSSR count). The lowest BCUT2D eigenvalue weighted by atomic mass is 10.0. The van der Waals surface area contributed by atoms with Crippen LogP contribution in [0.2, 0.25) is 0 Å². The molecule has 0 spiro atoms. The first kappa shape index (κ1) is 16.1. The van der Waals surface area contributed by atoms with Crippen molar-refractivity contribution in [1.29, 1.82) is 0 Å². The number of fused-ring (bicyclic) bond motifs is 1. The quantitative estimate of drug-likeness (QED) is 0.843. The summed E-state index contributed by atoms with van der Waals surface area (Å²) in [4.78, 5) is 23.1. The Morgan fingerprint density at radius 1 is 1.00 bits per heavy atom. The second-order valence-corrected chi connectivity index (χ2v) is 8.21. The molecule has 2 unspecified atom stereocenters. The molecular formula is C20H26N6. The second-order valence-electron chi connectivity index (χ2n) is 8.21. The molecule has 0 bridgehead atoms. The van der Waals surface area contributed by atoms with Crippen molar-refractivity contribution in [2.45, 2.75) is 39.2 Å². The largest absolute Gasteiger partial charge is 0.356 e. The van der Waals surface area contributed by atoms with E-state index in [4.69, 9.17) is 4.98 Å². The highest BCUT2D eigenvalue weighted by Crippen LogP contribution is 2.38. The van der Waals surface area contributed by atoms with Crippen LogP contribution in [0.5, 0.6) is 0 Å². The fraction of sp³-hybridized carbons (Fsp3) is 0.600. The molecule has 0 aromatic carbocycles. The number of hydrogen-bond acceptors (Lipinski definition) is 6. The first-order valence-corrected chi connectivity index (χ1v) is 9.74. The van der Waals surface area contributed by atoms with E-state index in [1.807, 2.05) is 6.20 Å². The van der Waals surface area contributed by atoms with E-state index in [0.717, 1.165) is 61.9 Å². The van der Waals surface area contributed by atoms with Crippen molar-refractivity contribution in [2.24, 2.45) is 11.8 Å². The molecule has 0 radical (unpaired) electrons. The van der Waals surface area contributed by atoms with E-state index in [2.05, 4.69) is 44.7 Å². The molecule has 1 aliphatic carbocycles. The lowest BCUT2D eigenvalue weighted by Crippen LogP contribution is -2.30. The van der Waals surface area contributed by atoms with Crippen LogP contribution in [0.3, 0.4) is 0 Å². The maximum atomic E-state index is 4.80. The first-order valence-electron chi connectivity index (χ1n) is 9.74. The molecule has 6 heteroatoms. The fourth-order valence-electron chi connectivity index (χ4n) is 4.51. The predicted molar refractivity (Wildman–Crippen MR) is 100.0 cm³/mol. The molecular weight excluding hydrogens is 324 g/mol. The van der Waals surface area contributed by atoms with Crippen molar-refractivity contribution >= 4 is 5.82 Å². The van der Waals surface area contributed by atoms with Gasteiger partial charge in [-0.25, -0.2) is 19.9 Å². The van der Waals surface area contributed by atoms with E-state index >= 15 is 0 Å². The molecule has 2 aromatic rings. The topological polar surface area (TPSA) is 58.0 Å². The third kappa shape index (κ3) is 2.96. The second kappa shape index (κ2) is 6.27. The van der Waals surface area contributed by atoms with Gasteiger partial charge in [-0.3, -0.25) is 4.90 Å². The fourth-order valence-corrected chi connectivity index (χ4v) is 4.51. The van der Waals surface area contributed by atoms with Gasteiger partial charge < -0.3 is 4.90 Å². The number of anilines is 1. The molecule has 2 aromatic heterocycles. The van der Waals surface area contributed by atoms with Crippen LogP contribution in [0.4, 0.5) is 5.82 Å². The maximum Gasteiger partial charge on any atom is 0.135 e. The van der Waals surface area contributed by atoms with E-state index in [9.17, 15) is 0 Å². The van der Waals surface area contributed by atoms with Crippen LogP contribution in [-0.4, -0.2) is 51.0 Å². The van der Waals surface area contributed by atoms with Crippen molar-refractivity contribution in [3.63, 3.8) is 0 Å². The minimum Gasteiger partial charge on any atom is -0.356 e. The van der Waals surface area contributed by atoms with Gasteiger partial charge in [0.1, 0.15) is 18.0 Å². The van der Waals surface area contributed by atoms with Gasteiger partial charge in [-0.05, 0) is 44.6 Å². The van der Waals surface area contributed by atoms with E-state index < -0.39 is 0 Å². The Hall–Kier alpha value is -2.08. The molecule has 2 saturated heterocycles. The number of aromatic nitrogens is 4. The third-order valence-corrected chi connectivity index (χ3v) is 6.23. The highest BCUT2D eigenvalue weighted by atomic mass is 15.3. The van der Waals surface area contributed by atoms with Gasteiger partial charge in [0.2, 0.25) is 0 Å². The summed E-state index contributed by atoms with van der Waals surface area (Å²) in [7, 11) is 0. The number of nitrogens with zero attached hydrogens (tertiary/aromatic N) is 6. The zero-order chi connectivity index (χ0) is 17.7. The number of rotatable bonds is 4. The van der Waals surface area contributed by atoms with Gasteiger partial charge in [-0.2, -0.15) is 0 Å². The lowest BCUT2D eigenvalue weighted by molar-refractivity contribution is 0.304. The van der Waals surface area contributed by atoms with Crippen molar-refractivity contribution in [3.8, 4) is 0 Å². The van der Waals surface area contributed by atoms with E-state index in [0.29, 0.717) is 5.92 Å². The first-order chi connectivity index (χ1) is 12.7. The standard InChI is InChI=1S/C20H26N6/c1-13-14(2)22-12-23-20(13)26-9-16-7-25(8-17(16)10-26)11-18-5-6-21-19(24-18)15-3-4-15/h5-6,12,15-17H,3-4,7-11H2,1-2H3. The number of hydrogen-bond donors (Lipinski definition) is 0. The normalized spacial score (nSPS) is 25.7. The van der Waals surface area contributed by atoms with Crippen LogP contribution >= 0.6 is 0 Å². The lowest BCUT2D eigenvalue weighted by Gasteiger charge is -2.23. The smallest absolute Gasteiger partial charge is 0.135 e. The maximum absolute atomic E-state index is 4.80. The number of aryl methyl sites for hydroxylation is 1. The molecule has 4 heterocycles. The summed E-state index contributed by atoms with van der Waals surface area (Å²) in [6, 6.07) is 2.08. The zero-order valence-corrected chi connectivity index (χ0v) is 15.6. The van der Waals surface area contributed by atoms with Gasteiger partial charge in [0.15, 0.2) is 0 Å². The van der Waals surface area contributed by atoms with Crippen LogP contribution in [0, 0.1) is 25.7 Å². The molecule has 136 valence electrons. The van der Waals surface area contributed by atoms with Gasteiger partial charge in [-0.1, -0.05) is 0 Å². The Kier molecular flexibility index (Phi) is 3.89. The Labute approximate surface area is 154 Å². The minimum atomic E-state index is 0.626. The van der Waals surface area contributed by atoms with Gasteiger partial charge in [0.05, 0.1) is 5.69 Å². The van der Waals surface area contributed by atoms with Crippen LogP contribution < -0.4 is 4.90 Å². The molecule has 1 saturated carbocycles. The van der Waals surface area contributed by atoms with Crippen LogP contribution in [0.25, 0.3) is 0 Å². The monoisotopic (exact) mass is 350 g/mol. The summed E-state index contributed by atoms with van der Waals surface area (Å²) in [5, 5.41) is 0. The van der Waals surface area contributed by atoms with Crippen LogP contribution in [-0.2, 0) is 6.54 Å². The Balaban J connectivity index is 1.23. The van der Waals surface area contributed by atoms with Crippen molar-refractivity contribution in [3.05, 3.63) is 41.4 Å². The molecule has 0 amide bonds. The highest BCUT2D eigenvalue weighted by molar-refractivity contribution is 5.48. The van der Waals surface area contributed by atoms with E-state index in [1.165, 1.54) is 24.1 Å². The Bertz CT molecular complexity index is 804. The average molecular weight is 350 g/mol. The Morgan fingerprint density at radius 3 is 2.50 bits per heavy atom. The Morgan fingerprint density at radius 2 is 1.77 bits per heavy atom. The van der Waals surface area contributed by atoms with Crippen molar-refractivity contribution in [1.82, 2.24) is 24.8 Å². The average Bonchev–Trinajstić information content (AvgIpc) is 3.31. The molecule has 0 N–H and O–H groups in total. The minimum absolute atomic E-state index is 0.626. The van der Waals surface area contributed by atoms with Crippen LogP contribution in [0.1, 0.15) is 41.5 Å². The van der Waals surface area contributed by atoms with Gasteiger partial charge in [0.25, 0.3) is 0 Å². The summed E-state index contributed by atoms with van der Waals surface area (Å²) in [5.41, 5.74) is 3.49. The van der Waals surface area contributed by atoms with Crippen molar-refractivity contribution < 1.29 is 0 Å². The van der Waals surface area contributed by atoms with Crippen molar-refractivity contribution in [2.75, 3.05) is 31.1 Å². The molecule has 6 nitrogen and oxygen atoms in total. The summed E-state index contributed by atoms with van der Waals surface area (Å²) in [5.74, 6) is 4.27. The molecule has 2 aliphatic heterocycles. The van der Waals surface area contributed by atoms with Gasteiger partial charge in [-0.15, -0.1) is 0 Å². The third-order valence-electron chi connectivity index (χ3n) is 6.23. The predicted octanol–water partition coefficient (Wildman–Crippen LogP) is 2.33. The van der Waals surface area contributed by atoms with E-state index in [1.54, 1.807) is 6.33 Å². The molecule has 3 fully saturated rings. The SMILES string of the molecule is Cc1ncnc(N2CC3CN(Cc4ccnc(C5CC5)n4)CC3C2)c1C. The molecule has 2 atom stereocenters. The zero-order valence-electron chi connectivity index (χ0n) is 15.6. The number of likely N-dealkylation sites (tertiary alicyclic amines) is 1. The summed E-state index contributed by atoms with van der Waals surface area (Å²) >= 11 is 0. The highest BCUT2D eigenvalue weighted by Gasteiger charge is 2.40. The van der Waals surface area contributed by atoms with Gasteiger partial charge >= 0.3 is 0 Å².